The summed E-state index contributed by atoms with van der Waals surface area (Å²) in [5, 5.41) is 10.4. The number of aromatic hydroxyl groups is 1. The predicted octanol–water partition coefficient (Wildman–Crippen LogP) is 2.10. The highest BCUT2D eigenvalue weighted by atomic mass is 16.5. The highest BCUT2D eigenvalue weighted by Gasteiger charge is 2.77. The van der Waals surface area contributed by atoms with Crippen molar-refractivity contribution in [1.29, 1.82) is 0 Å². The zero-order chi connectivity index (χ0) is 18.3. The summed E-state index contributed by atoms with van der Waals surface area (Å²) in [7, 11) is 4.07. The minimum atomic E-state index is -0.543. The number of nitrogens with zero attached hydrogens (tertiary/aromatic N) is 1. The van der Waals surface area contributed by atoms with Crippen LogP contribution in [0.5, 0.6) is 11.5 Å². The molecule has 1 saturated heterocycles. The van der Waals surface area contributed by atoms with Crippen molar-refractivity contribution in [2.24, 2.45) is 0 Å². The number of benzene rings is 1. The fourth-order valence-electron chi connectivity index (χ4n) is 6.73. The van der Waals surface area contributed by atoms with Crippen LogP contribution in [0.15, 0.2) is 24.8 Å². The molecule has 1 saturated carbocycles. The number of piperidine rings is 1. The first-order valence-electron chi connectivity index (χ1n) is 9.48. The molecule has 1 N–H and O–H groups in total. The van der Waals surface area contributed by atoms with Crippen molar-refractivity contribution in [3.05, 3.63) is 35.9 Å². The Bertz CT molecular complexity index is 836. The highest BCUT2D eigenvalue weighted by molar-refractivity contribution is 5.90. The van der Waals surface area contributed by atoms with Crippen molar-refractivity contribution in [1.82, 2.24) is 0 Å². The van der Waals surface area contributed by atoms with E-state index in [1.165, 1.54) is 5.56 Å². The number of Topliss-reactive ketones (excluding diaryl/α,β-unsaturated/α-hetero) is 1. The van der Waals surface area contributed by atoms with Crippen LogP contribution in [0.3, 0.4) is 0 Å². The topological polar surface area (TPSA) is 55.8 Å². The molecule has 1 aromatic carbocycles. The molecule has 2 fully saturated rings. The number of phenolic OH excluding ortho intramolecular Hbond substituents is 1. The molecule has 5 nitrogen and oxygen atoms in total. The molecule has 2 aliphatic carbocycles. The molecule has 0 unspecified atom stereocenters. The Morgan fingerprint density at radius 1 is 1.46 bits per heavy atom. The second-order valence-electron chi connectivity index (χ2n) is 8.62. The molecule has 0 radical (unpaired) electrons. The van der Waals surface area contributed by atoms with Gasteiger partial charge in [0.15, 0.2) is 23.4 Å². The van der Waals surface area contributed by atoms with Crippen LogP contribution in [-0.4, -0.2) is 60.4 Å². The van der Waals surface area contributed by atoms with E-state index < -0.39 is 17.1 Å². The summed E-state index contributed by atoms with van der Waals surface area (Å²) in [6.45, 7) is 5.81. The Hall–Kier alpha value is -1.85. The number of ketones is 1. The van der Waals surface area contributed by atoms with E-state index >= 15 is 0 Å². The van der Waals surface area contributed by atoms with Crippen LogP contribution in [-0.2, 0) is 21.4 Å². The van der Waals surface area contributed by atoms with Gasteiger partial charge in [-0.2, -0.15) is 0 Å². The average molecular weight is 356 g/mol. The molecule has 5 atom stereocenters. The van der Waals surface area contributed by atoms with Crippen molar-refractivity contribution in [3.63, 3.8) is 0 Å². The third-order valence-electron chi connectivity index (χ3n) is 7.77. The van der Waals surface area contributed by atoms with Crippen LogP contribution in [0.4, 0.5) is 0 Å². The zero-order valence-electron chi connectivity index (χ0n) is 15.5. The lowest BCUT2D eigenvalue weighted by molar-refractivity contribution is -0.944. The molecule has 5 rings (SSSR count). The molecule has 1 spiro atoms. The smallest absolute Gasteiger partial charge is 0.174 e. The third-order valence-corrected chi connectivity index (χ3v) is 7.77. The van der Waals surface area contributed by atoms with Gasteiger partial charge in [-0.1, -0.05) is 12.6 Å². The van der Waals surface area contributed by atoms with Gasteiger partial charge in [-0.25, -0.2) is 0 Å². The summed E-state index contributed by atoms with van der Waals surface area (Å²) < 4.78 is 13.4. The fourth-order valence-corrected chi connectivity index (χ4v) is 6.73. The van der Waals surface area contributed by atoms with E-state index in [1.807, 2.05) is 12.1 Å². The van der Waals surface area contributed by atoms with Crippen LogP contribution in [0.25, 0.3) is 0 Å². The first-order chi connectivity index (χ1) is 12.4. The number of carbonyl (C=O) groups excluding carboxylic acids is 1. The van der Waals surface area contributed by atoms with Gasteiger partial charge >= 0.3 is 0 Å². The highest BCUT2D eigenvalue weighted by Crippen LogP contribution is 2.66. The number of rotatable bonds is 3. The van der Waals surface area contributed by atoms with Gasteiger partial charge in [0.25, 0.3) is 0 Å². The lowest BCUT2D eigenvalue weighted by Crippen LogP contribution is -2.81. The van der Waals surface area contributed by atoms with Gasteiger partial charge in [0.1, 0.15) is 11.6 Å². The minimum Gasteiger partial charge on any atom is -0.504 e. The summed E-state index contributed by atoms with van der Waals surface area (Å²) >= 11 is 0. The monoisotopic (exact) mass is 356 g/mol. The molecule has 1 aromatic rings. The molecular formula is C21H26NO4+. The van der Waals surface area contributed by atoms with E-state index in [-0.39, 0.29) is 17.6 Å². The van der Waals surface area contributed by atoms with E-state index in [4.69, 9.17) is 9.47 Å². The van der Waals surface area contributed by atoms with Gasteiger partial charge in [-0.05, 0) is 24.1 Å². The number of likely N-dealkylation sites (tertiary alicyclic amines) is 1. The zero-order valence-corrected chi connectivity index (χ0v) is 15.5. The third kappa shape index (κ3) is 1.54. The quantitative estimate of drug-likeness (QED) is 0.666. The van der Waals surface area contributed by atoms with E-state index in [1.54, 1.807) is 13.2 Å². The van der Waals surface area contributed by atoms with Crippen LogP contribution in [0.2, 0.25) is 0 Å². The number of ether oxygens (including phenoxy) is 2. The largest absolute Gasteiger partial charge is 0.504 e. The van der Waals surface area contributed by atoms with E-state index in [2.05, 4.69) is 13.6 Å². The van der Waals surface area contributed by atoms with Crippen molar-refractivity contribution >= 4 is 5.78 Å². The molecule has 2 bridgehead atoms. The molecule has 0 aromatic heterocycles. The lowest BCUT2D eigenvalue weighted by atomic mass is 9.48. The number of hydrogen-bond acceptors (Lipinski definition) is 4. The minimum absolute atomic E-state index is 0.137. The van der Waals surface area contributed by atoms with E-state index in [9.17, 15) is 9.90 Å². The standard InChI is InChI=1S/C21H25NO4/c1-4-10-22(2)11-9-20-17-13-5-6-14(23)18(17)26-19(20)15(24)7-8-21(20,25-3)16(22)12-13/h4-6,16,19H,1,7-12H2,2-3H3/p+1/t16-,19+,20+,21-,22-/m1/s1. The van der Waals surface area contributed by atoms with Crippen LogP contribution < -0.4 is 4.74 Å². The van der Waals surface area contributed by atoms with Gasteiger partial charge in [0, 0.05) is 31.9 Å². The number of methoxy groups -OCH3 is 1. The Balaban J connectivity index is 1.84. The summed E-state index contributed by atoms with van der Waals surface area (Å²) in [6, 6.07) is 3.96. The molecule has 2 heterocycles. The van der Waals surface area contributed by atoms with Crippen molar-refractivity contribution in [2.45, 2.75) is 48.8 Å². The number of likely N-dealkylation sites (N-methyl/N-ethyl adjacent to an activating group) is 1. The molecular weight excluding hydrogens is 330 g/mol. The van der Waals surface area contributed by atoms with Crippen LogP contribution >= 0.6 is 0 Å². The van der Waals surface area contributed by atoms with Gasteiger partial charge in [-0.15, -0.1) is 0 Å². The maximum atomic E-state index is 12.9. The number of phenols is 1. The van der Waals surface area contributed by atoms with Crippen molar-refractivity contribution in [3.8, 4) is 11.5 Å². The van der Waals surface area contributed by atoms with Crippen molar-refractivity contribution in [2.75, 3.05) is 27.2 Å². The maximum absolute atomic E-state index is 12.9. The Morgan fingerprint density at radius 3 is 3.00 bits per heavy atom. The number of hydrogen-bond donors (Lipinski definition) is 1. The van der Waals surface area contributed by atoms with Crippen molar-refractivity contribution < 1.29 is 23.9 Å². The second kappa shape index (κ2) is 4.90. The molecule has 0 amide bonds. The Kier molecular flexibility index (Phi) is 3.08. The number of quaternary nitrogens is 1. The molecule has 26 heavy (non-hydrogen) atoms. The second-order valence-corrected chi connectivity index (χ2v) is 8.62. The van der Waals surface area contributed by atoms with Gasteiger partial charge in [0.05, 0.1) is 25.6 Å². The average Bonchev–Trinajstić information content (AvgIpc) is 2.99. The first-order valence-corrected chi connectivity index (χ1v) is 9.48. The van der Waals surface area contributed by atoms with Gasteiger partial charge in [-0.3, -0.25) is 4.79 Å². The predicted molar refractivity (Wildman–Crippen MR) is 96.4 cm³/mol. The molecule has 4 aliphatic rings. The fraction of sp³-hybridized carbons (Fsp3) is 0.571. The lowest BCUT2D eigenvalue weighted by Gasteiger charge is -2.65. The summed E-state index contributed by atoms with van der Waals surface area (Å²) in [5.41, 5.74) is 1.30. The number of carbonyl (C=O) groups is 1. The van der Waals surface area contributed by atoms with Gasteiger partial charge in [0.2, 0.25) is 0 Å². The summed E-state index contributed by atoms with van der Waals surface area (Å²) in [4.78, 5) is 12.9. The van der Waals surface area contributed by atoms with Crippen LogP contribution in [0.1, 0.15) is 30.4 Å². The molecule has 2 aliphatic heterocycles. The summed E-state index contributed by atoms with van der Waals surface area (Å²) in [5.74, 6) is 0.792. The Labute approximate surface area is 153 Å². The first kappa shape index (κ1) is 16.3. The summed E-state index contributed by atoms with van der Waals surface area (Å²) in [6.07, 6.45) is 4.32. The SMILES string of the molecule is C=CC[N@+]1(C)CC[C@]23c4c5ccc(O)c4O[C@H]2C(=O)CC[C@@]3(OC)[C@H]1C5. The van der Waals surface area contributed by atoms with Gasteiger partial charge < -0.3 is 19.1 Å². The van der Waals surface area contributed by atoms with E-state index in [0.717, 1.165) is 36.0 Å². The molecule has 5 heteroatoms. The van der Waals surface area contributed by atoms with E-state index in [0.29, 0.717) is 18.6 Å². The maximum Gasteiger partial charge on any atom is 0.174 e. The van der Waals surface area contributed by atoms with Crippen LogP contribution in [0, 0.1) is 0 Å². The molecule has 138 valence electrons. The Morgan fingerprint density at radius 2 is 2.27 bits per heavy atom. The normalized spacial score (nSPS) is 42.2.